The number of aromatic nitrogens is 3. The molecule has 0 amide bonds. The Bertz CT molecular complexity index is 486. The van der Waals surface area contributed by atoms with Gasteiger partial charge < -0.3 is 15.8 Å². The molecule has 1 aliphatic carbocycles. The molecular formula is C13H22N6O. The first kappa shape index (κ1) is 14.5. The zero-order valence-electron chi connectivity index (χ0n) is 12.1. The van der Waals surface area contributed by atoms with E-state index < -0.39 is 0 Å². The number of anilines is 1. The Morgan fingerprint density at radius 2 is 2.00 bits per heavy atom. The van der Waals surface area contributed by atoms with Crippen LogP contribution >= 0.6 is 0 Å². The summed E-state index contributed by atoms with van der Waals surface area (Å²) >= 11 is 0. The molecule has 2 rings (SSSR count). The van der Waals surface area contributed by atoms with Gasteiger partial charge in [-0.05, 0) is 25.7 Å². The average Bonchev–Trinajstić information content (AvgIpc) is 3.31. The van der Waals surface area contributed by atoms with E-state index in [1.54, 1.807) is 0 Å². The van der Waals surface area contributed by atoms with Gasteiger partial charge in [0.15, 0.2) is 0 Å². The fraction of sp³-hybridized carbons (Fsp3) is 0.692. The number of amidine groups is 1. The fourth-order valence-corrected chi connectivity index (χ4v) is 2.17. The molecule has 1 fully saturated rings. The average molecular weight is 278 g/mol. The molecule has 0 atom stereocenters. The normalized spacial score (nSPS) is 15.4. The number of rotatable bonds is 7. The molecule has 0 bridgehead atoms. The van der Waals surface area contributed by atoms with Crippen LogP contribution < -0.4 is 10.6 Å². The molecule has 1 aliphatic rings. The number of hydrogen-bond donors (Lipinski definition) is 2. The van der Waals surface area contributed by atoms with Crippen molar-refractivity contribution in [1.29, 1.82) is 0 Å². The number of hydrogen-bond acceptors (Lipinski definition) is 6. The van der Waals surface area contributed by atoms with Gasteiger partial charge in [0.05, 0.1) is 11.4 Å². The van der Waals surface area contributed by atoms with Gasteiger partial charge in [-0.25, -0.2) is 4.98 Å². The lowest BCUT2D eigenvalue weighted by Crippen LogP contribution is -2.32. The predicted molar refractivity (Wildman–Crippen MR) is 77.0 cm³/mol. The standard InChI is InChI=1S/C13H22N6O/c1-3-10-11(4-2)16-17-13(15-10)19(9-5-6-9)8-7-12(14)18-20/h9,20H,3-8H2,1-2H3,(H2,14,18). The molecule has 0 saturated heterocycles. The summed E-state index contributed by atoms with van der Waals surface area (Å²) in [5, 5.41) is 20.2. The van der Waals surface area contributed by atoms with Gasteiger partial charge in [0.25, 0.3) is 0 Å². The first-order chi connectivity index (χ1) is 9.69. The van der Waals surface area contributed by atoms with Crippen LogP contribution in [0.25, 0.3) is 0 Å². The van der Waals surface area contributed by atoms with Crippen LogP contribution in [0.5, 0.6) is 0 Å². The van der Waals surface area contributed by atoms with Crippen LogP contribution in [0.15, 0.2) is 5.16 Å². The maximum atomic E-state index is 8.62. The summed E-state index contributed by atoms with van der Waals surface area (Å²) in [6.45, 7) is 4.78. The van der Waals surface area contributed by atoms with Crippen molar-refractivity contribution in [2.45, 2.75) is 52.0 Å². The lowest BCUT2D eigenvalue weighted by molar-refractivity contribution is 0.317. The molecule has 0 radical (unpaired) electrons. The van der Waals surface area contributed by atoms with E-state index in [9.17, 15) is 0 Å². The Morgan fingerprint density at radius 3 is 2.55 bits per heavy atom. The van der Waals surface area contributed by atoms with Crippen LogP contribution in [0, 0.1) is 0 Å². The van der Waals surface area contributed by atoms with Crippen LogP contribution in [-0.4, -0.2) is 38.8 Å². The topological polar surface area (TPSA) is 101 Å². The summed E-state index contributed by atoms with van der Waals surface area (Å²) in [6.07, 6.45) is 4.46. The van der Waals surface area contributed by atoms with Gasteiger partial charge in [0.1, 0.15) is 5.84 Å². The first-order valence-electron chi connectivity index (χ1n) is 7.15. The number of aryl methyl sites for hydroxylation is 2. The van der Waals surface area contributed by atoms with Crippen LogP contribution in [0.4, 0.5) is 5.95 Å². The molecule has 110 valence electrons. The fourth-order valence-electron chi connectivity index (χ4n) is 2.17. The highest BCUT2D eigenvalue weighted by Gasteiger charge is 2.31. The zero-order chi connectivity index (χ0) is 14.5. The maximum absolute atomic E-state index is 8.62. The number of nitrogens with zero attached hydrogens (tertiary/aromatic N) is 5. The Labute approximate surface area is 118 Å². The lowest BCUT2D eigenvalue weighted by atomic mass is 10.2. The van der Waals surface area contributed by atoms with E-state index in [0.29, 0.717) is 25.0 Å². The van der Waals surface area contributed by atoms with Gasteiger partial charge >= 0.3 is 0 Å². The molecule has 3 N–H and O–H groups in total. The predicted octanol–water partition coefficient (Wildman–Crippen LogP) is 1.10. The van der Waals surface area contributed by atoms with Gasteiger partial charge in [0.2, 0.25) is 5.95 Å². The van der Waals surface area contributed by atoms with E-state index in [-0.39, 0.29) is 5.84 Å². The van der Waals surface area contributed by atoms with Gasteiger partial charge in [-0.2, -0.15) is 5.10 Å². The van der Waals surface area contributed by atoms with Crippen molar-refractivity contribution < 1.29 is 5.21 Å². The van der Waals surface area contributed by atoms with Gasteiger partial charge in [-0.1, -0.05) is 19.0 Å². The molecule has 1 aromatic rings. The highest BCUT2D eigenvalue weighted by atomic mass is 16.4. The third-order valence-electron chi connectivity index (χ3n) is 3.48. The van der Waals surface area contributed by atoms with Crippen molar-refractivity contribution in [2.75, 3.05) is 11.4 Å². The first-order valence-corrected chi connectivity index (χ1v) is 7.15. The van der Waals surface area contributed by atoms with E-state index in [0.717, 1.165) is 37.1 Å². The zero-order valence-corrected chi connectivity index (χ0v) is 12.1. The Kier molecular flexibility index (Phi) is 4.70. The van der Waals surface area contributed by atoms with Gasteiger partial charge in [0, 0.05) is 19.0 Å². The summed E-state index contributed by atoms with van der Waals surface area (Å²) in [6, 6.07) is 0.459. The van der Waals surface area contributed by atoms with E-state index in [1.165, 1.54) is 0 Å². The van der Waals surface area contributed by atoms with Crippen LogP contribution in [0.3, 0.4) is 0 Å². The highest BCUT2D eigenvalue weighted by Crippen LogP contribution is 2.29. The smallest absolute Gasteiger partial charge is 0.245 e. The molecular weight excluding hydrogens is 256 g/mol. The minimum atomic E-state index is 0.226. The minimum absolute atomic E-state index is 0.226. The summed E-state index contributed by atoms with van der Waals surface area (Å²) in [5.41, 5.74) is 7.51. The van der Waals surface area contributed by atoms with E-state index >= 15 is 0 Å². The summed E-state index contributed by atoms with van der Waals surface area (Å²) < 4.78 is 0. The van der Waals surface area contributed by atoms with E-state index in [1.807, 2.05) is 0 Å². The third-order valence-corrected chi connectivity index (χ3v) is 3.48. The van der Waals surface area contributed by atoms with Crippen molar-refractivity contribution in [3.63, 3.8) is 0 Å². The largest absolute Gasteiger partial charge is 0.409 e. The van der Waals surface area contributed by atoms with E-state index in [4.69, 9.17) is 10.9 Å². The molecule has 7 heteroatoms. The second kappa shape index (κ2) is 6.49. The lowest BCUT2D eigenvalue weighted by Gasteiger charge is -2.22. The van der Waals surface area contributed by atoms with E-state index in [2.05, 4.69) is 39.1 Å². The SMILES string of the molecule is CCc1nnc(N(CCC(N)=NO)C2CC2)nc1CC. The summed E-state index contributed by atoms with van der Waals surface area (Å²) in [7, 11) is 0. The van der Waals surface area contributed by atoms with Crippen LogP contribution in [0.1, 0.15) is 44.5 Å². The molecule has 7 nitrogen and oxygen atoms in total. The molecule has 20 heavy (non-hydrogen) atoms. The number of oxime groups is 1. The molecule has 1 heterocycles. The van der Waals surface area contributed by atoms with Crippen molar-refractivity contribution in [3.8, 4) is 0 Å². The second-order valence-corrected chi connectivity index (χ2v) is 4.98. The van der Waals surface area contributed by atoms with Crippen molar-refractivity contribution in [3.05, 3.63) is 11.4 Å². The van der Waals surface area contributed by atoms with Crippen LogP contribution in [-0.2, 0) is 12.8 Å². The Hall–Kier alpha value is -1.92. The number of nitrogens with two attached hydrogens (primary N) is 1. The van der Waals surface area contributed by atoms with Crippen molar-refractivity contribution in [1.82, 2.24) is 15.2 Å². The Balaban J connectivity index is 2.16. The monoisotopic (exact) mass is 278 g/mol. The molecule has 1 saturated carbocycles. The highest BCUT2D eigenvalue weighted by molar-refractivity contribution is 5.80. The molecule has 1 aromatic heterocycles. The van der Waals surface area contributed by atoms with Crippen molar-refractivity contribution >= 4 is 11.8 Å². The molecule has 0 aliphatic heterocycles. The molecule has 0 spiro atoms. The maximum Gasteiger partial charge on any atom is 0.245 e. The Morgan fingerprint density at radius 1 is 1.30 bits per heavy atom. The van der Waals surface area contributed by atoms with Crippen LogP contribution in [0.2, 0.25) is 0 Å². The van der Waals surface area contributed by atoms with Gasteiger partial charge in [-0.3, -0.25) is 0 Å². The summed E-state index contributed by atoms with van der Waals surface area (Å²) in [5.74, 6) is 0.886. The van der Waals surface area contributed by atoms with Crippen molar-refractivity contribution in [2.24, 2.45) is 10.9 Å². The molecule has 0 unspecified atom stereocenters. The quantitative estimate of drug-likeness (QED) is 0.335. The summed E-state index contributed by atoms with van der Waals surface area (Å²) in [4.78, 5) is 6.75. The minimum Gasteiger partial charge on any atom is -0.409 e. The second-order valence-electron chi connectivity index (χ2n) is 4.98. The third kappa shape index (κ3) is 3.34. The van der Waals surface area contributed by atoms with Gasteiger partial charge in [-0.15, -0.1) is 5.10 Å². The molecule has 0 aromatic carbocycles.